The molecular weight excluding hydrogens is 282 g/mol. The maximum Gasteiger partial charge on any atom is 0.317 e. The van der Waals surface area contributed by atoms with E-state index in [-0.39, 0.29) is 6.03 Å². The van der Waals surface area contributed by atoms with E-state index in [0.29, 0.717) is 19.0 Å². The third kappa shape index (κ3) is 4.56. The summed E-state index contributed by atoms with van der Waals surface area (Å²) in [5.74, 6) is 0.431. The van der Waals surface area contributed by atoms with Gasteiger partial charge in [-0.1, -0.05) is 44.2 Å². The van der Waals surface area contributed by atoms with E-state index >= 15 is 0 Å². The molecule has 0 radical (unpaired) electrons. The fourth-order valence-electron chi connectivity index (χ4n) is 1.90. The van der Waals surface area contributed by atoms with Gasteiger partial charge in [-0.25, -0.2) is 9.78 Å². The average Bonchev–Trinajstić information content (AvgIpc) is 2.95. The Labute approximate surface area is 129 Å². The summed E-state index contributed by atoms with van der Waals surface area (Å²) < 4.78 is 0. The van der Waals surface area contributed by atoms with Gasteiger partial charge in [0.2, 0.25) is 0 Å². The molecule has 0 saturated carbocycles. The van der Waals surface area contributed by atoms with E-state index in [0.717, 1.165) is 16.3 Å². The Kier molecular flexibility index (Phi) is 5.33. The molecule has 0 fully saturated rings. The Morgan fingerprint density at radius 3 is 2.67 bits per heavy atom. The second-order valence-electron chi connectivity index (χ2n) is 5.33. The van der Waals surface area contributed by atoms with Crippen molar-refractivity contribution in [2.75, 3.05) is 7.05 Å². The van der Waals surface area contributed by atoms with E-state index in [1.165, 1.54) is 0 Å². The van der Waals surface area contributed by atoms with E-state index in [1.807, 2.05) is 35.7 Å². The molecule has 2 amide bonds. The molecular formula is C16H21N3OS. The van der Waals surface area contributed by atoms with Crippen molar-refractivity contribution < 1.29 is 4.79 Å². The van der Waals surface area contributed by atoms with Crippen LogP contribution in [-0.4, -0.2) is 23.0 Å². The molecule has 2 rings (SSSR count). The first-order valence-electron chi connectivity index (χ1n) is 7.03. The van der Waals surface area contributed by atoms with Gasteiger partial charge in [-0.15, -0.1) is 11.3 Å². The second kappa shape index (κ2) is 7.22. The third-order valence-electron chi connectivity index (χ3n) is 3.09. The molecule has 0 saturated heterocycles. The number of carbonyl (C=O) groups excluding carboxylic acids is 1. The molecule has 112 valence electrons. The van der Waals surface area contributed by atoms with Crippen LogP contribution in [0.25, 0.3) is 0 Å². The predicted molar refractivity (Wildman–Crippen MR) is 86.3 cm³/mol. The molecule has 1 heterocycles. The van der Waals surface area contributed by atoms with Crippen LogP contribution < -0.4 is 5.32 Å². The standard InChI is InChI=1S/C16H21N3OS/c1-12(2)15-18-14(11-21-15)9-17-16(20)19(3)10-13-7-5-4-6-8-13/h4-8,11-12H,9-10H2,1-3H3,(H,17,20). The minimum Gasteiger partial charge on any atom is -0.332 e. The number of hydrogen-bond donors (Lipinski definition) is 1. The van der Waals surface area contributed by atoms with E-state index in [4.69, 9.17) is 0 Å². The summed E-state index contributed by atoms with van der Waals surface area (Å²) in [5, 5.41) is 6.02. The van der Waals surface area contributed by atoms with E-state index in [9.17, 15) is 4.79 Å². The highest BCUT2D eigenvalue weighted by atomic mass is 32.1. The van der Waals surface area contributed by atoms with Crippen LogP contribution in [-0.2, 0) is 13.1 Å². The van der Waals surface area contributed by atoms with Gasteiger partial charge in [0.25, 0.3) is 0 Å². The molecule has 1 aromatic heterocycles. The quantitative estimate of drug-likeness (QED) is 0.917. The molecule has 0 aliphatic carbocycles. The average molecular weight is 303 g/mol. The molecule has 4 nitrogen and oxygen atoms in total. The summed E-state index contributed by atoms with van der Waals surface area (Å²) in [6.45, 7) is 5.31. The monoisotopic (exact) mass is 303 g/mol. The Hall–Kier alpha value is -1.88. The van der Waals surface area contributed by atoms with Crippen LogP contribution in [0.15, 0.2) is 35.7 Å². The van der Waals surface area contributed by atoms with Crippen LogP contribution in [0.2, 0.25) is 0 Å². The Morgan fingerprint density at radius 2 is 2.05 bits per heavy atom. The SMILES string of the molecule is CC(C)c1nc(CNC(=O)N(C)Cc2ccccc2)cs1. The van der Waals surface area contributed by atoms with E-state index in [1.54, 1.807) is 23.3 Å². The van der Waals surface area contributed by atoms with Gasteiger partial charge in [0.1, 0.15) is 0 Å². The lowest BCUT2D eigenvalue weighted by Gasteiger charge is -2.17. The van der Waals surface area contributed by atoms with Crippen molar-refractivity contribution in [1.82, 2.24) is 15.2 Å². The van der Waals surface area contributed by atoms with Crippen LogP contribution in [0.4, 0.5) is 4.79 Å². The smallest absolute Gasteiger partial charge is 0.317 e. The van der Waals surface area contributed by atoms with E-state index in [2.05, 4.69) is 24.1 Å². The summed E-state index contributed by atoms with van der Waals surface area (Å²) >= 11 is 1.64. The van der Waals surface area contributed by atoms with Gasteiger partial charge in [-0.2, -0.15) is 0 Å². The molecule has 1 N–H and O–H groups in total. The molecule has 0 atom stereocenters. The number of nitrogens with zero attached hydrogens (tertiary/aromatic N) is 2. The minimum atomic E-state index is -0.0852. The van der Waals surface area contributed by atoms with Crippen LogP contribution >= 0.6 is 11.3 Å². The summed E-state index contributed by atoms with van der Waals surface area (Å²) in [5.41, 5.74) is 2.04. The van der Waals surface area contributed by atoms with Crippen LogP contribution in [0.5, 0.6) is 0 Å². The number of aromatic nitrogens is 1. The molecule has 21 heavy (non-hydrogen) atoms. The zero-order valence-corrected chi connectivity index (χ0v) is 13.5. The van der Waals surface area contributed by atoms with Gasteiger partial charge in [-0.05, 0) is 5.56 Å². The van der Waals surface area contributed by atoms with E-state index < -0.39 is 0 Å². The normalized spacial score (nSPS) is 10.7. The lowest BCUT2D eigenvalue weighted by Crippen LogP contribution is -2.36. The van der Waals surface area contributed by atoms with Crippen molar-refractivity contribution >= 4 is 17.4 Å². The first kappa shape index (κ1) is 15.5. The van der Waals surface area contributed by atoms with Gasteiger partial charge < -0.3 is 10.2 Å². The number of thiazole rings is 1. The highest BCUT2D eigenvalue weighted by Gasteiger charge is 2.10. The fourth-order valence-corrected chi connectivity index (χ4v) is 2.73. The Balaban J connectivity index is 1.83. The van der Waals surface area contributed by atoms with Crippen molar-refractivity contribution in [3.8, 4) is 0 Å². The number of urea groups is 1. The van der Waals surface area contributed by atoms with Crippen molar-refractivity contribution in [3.63, 3.8) is 0 Å². The lowest BCUT2D eigenvalue weighted by molar-refractivity contribution is 0.206. The topological polar surface area (TPSA) is 45.2 Å². The maximum atomic E-state index is 12.1. The van der Waals surface area contributed by atoms with Gasteiger partial charge in [0, 0.05) is 24.9 Å². The highest BCUT2D eigenvalue weighted by molar-refractivity contribution is 7.09. The summed E-state index contributed by atoms with van der Waals surface area (Å²) in [4.78, 5) is 18.2. The summed E-state index contributed by atoms with van der Waals surface area (Å²) in [6, 6.07) is 9.86. The molecule has 0 aliphatic heterocycles. The zero-order chi connectivity index (χ0) is 15.2. The van der Waals surface area contributed by atoms with Crippen LogP contribution in [0.1, 0.15) is 36.0 Å². The number of benzene rings is 1. The number of hydrogen-bond acceptors (Lipinski definition) is 3. The predicted octanol–water partition coefficient (Wildman–Crippen LogP) is 3.61. The fraction of sp³-hybridized carbons (Fsp3) is 0.375. The number of nitrogens with one attached hydrogen (secondary N) is 1. The van der Waals surface area contributed by atoms with Gasteiger partial charge in [0.15, 0.2) is 0 Å². The molecule has 0 bridgehead atoms. The summed E-state index contributed by atoms with van der Waals surface area (Å²) in [6.07, 6.45) is 0. The van der Waals surface area contributed by atoms with Crippen molar-refractivity contribution in [2.45, 2.75) is 32.9 Å². The molecule has 2 aromatic rings. The lowest BCUT2D eigenvalue weighted by atomic mass is 10.2. The van der Waals surface area contributed by atoms with Crippen molar-refractivity contribution in [3.05, 3.63) is 52.0 Å². The Morgan fingerprint density at radius 1 is 1.33 bits per heavy atom. The summed E-state index contributed by atoms with van der Waals surface area (Å²) in [7, 11) is 1.79. The number of amides is 2. The molecule has 0 spiro atoms. The largest absolute Gasteiger partial charge is 0.332 e. The minimum absolute atomic E-state index is 0.0852. The zero-order valence-electron chi connectivity index (χ0n) is 12.7. The molecule has 0 unspecified atom stereocenters. The molecule has 0 aliphatic rings. The van der Waals surface area contributed by atoms with Crippen LogP contribution in [0, 0.1) is 0 Å². The van der Waals surface area contributed by atoms with Crippen molar-refractivity contribution in [2.24, 2.45) is 0 Å². The maximum absolute atomic E-state index is 12.1. The number of carbonyl (C=O) groups is 1. The van der Waals surface area contributed by atoms with Gasteiger partial charge >= 0.3 is 6.03 Å². The first-order valence-corrected chi connectivity index (χ1v) is 7.91. The van der Waals surface area contributed by atoms with Gasteiger partial charge in [-0.3, -0.25) is 0 Å². The highest BCUT2D eigenvalue weighted by Crippen LogP contribution is 2.18. The van der Waals surface area contributed by atoms with Gasteiger partial charge in [0.05, 0.1) is 17.2 Å². The third-order valence-corrected chi connectivity index (χ3v) is 4.29. The Bertz CT molecular complexity index is 580. The van der Waals surface area contributed by atoms with Crippen LogP contribution in [0.3, 0.4) is 0 Å². The molecule has 1 aromatic carbocycles. The number of rotatable bonds is 5. The second-order valence-corrected chi connectivity index (χ2v) is 6.22. The molecule has 5 heteroatoms. The van der Waals surface area contributed by atoms with Crippen molar-refractivity contribution in [1.29, 1.82) is 0 Å². The first-order chi connectivity index (χ1) is 10.1.